The lowest BCUT2D eigenvalue weighted by Gasteiger charge is -2.14. The third kappa shape index (κ3) is 5.47. The van der Waals surface area contributed by atoms with Gasteiger partial charge in [-0.3, -0.25) is 4.98 Å². The molecular weight excluding hydrogens is 405 g/mol. The molecule has 29 heavy (non-hydrogen) atoms. The van der Waals surface area contributed by atoms with E-state index in [0.29, 0.717) is 16.7 Å². The Morgan fingerprint density at radius 3 is 2.69 bits per heavy atom. The predicted molar refractivity (Wildman–Crippen MR) is 102 cm³/mol. The third-order valence-corrected chi connectivity index (χ3v) is 4.99. The molecule has 1 aromatic carbocycles. The fraction of sp³-hybridized carbons (Fsp3) is 0.222. The van der Waals surface area contributed by atoms with Crippen LogP contribution in [0.4, 0.5) is 23.7 Å². The van der Waals surface area contributed by atoms with Gasteiger partial charge in [0.05, 0.1) is 17.8 Å². The predicted octanol–water partition coefficient (Wildman–Crippen LogP) is 3.84. The molecule has 11 heteroatoms. The van der Waals surface area contributed by atoms with Gasteiger partial charge < -0.3 is 15.2 Å². The second-order valence-corrected chi connectivity index (χ2v) is 6.90. The lowest BCUT2D eigenvalue weighted by Crippen LogP contribution is -2.30. The molecule has 0 bridgehead atoms. The van der Waals surface area contributed by atoms with Crippen LogP contribution in [0.5, 0.6) is 0 Å². The molecule has 0 atom stereocenters. The molecule has 3 aromatic rings. The number of rotatable bonds is 6. The van der Waals surface area contributed by atoms with E-state index < -0.39 is 17.8 Å². The maximum absolute atomic E-state index is 13.0. The van der Waals surface area contributed by atoms with Crippen LogP contribution in [-0.4, -0.2) is 25.8 Å². The summed E-state index contributed by atoms with van der Waals surface area (Å²) in [5.74, 6) is 1.13. The highest BCUT2D eigenvalue weighted by molar-refractivity contribution is 7.98. The van der Waals surface area contributed by atoms with Crippen LogP contribution < -0.4 is 10.6 Å². The van der Waals surface area contributed by atoms with Crippen LogP contribution in [0, 0.1) is 0 Å². The van der Waals surface area contributed by atoms with E-state index in [4.69, 9.17) is 0 Å². The number of anilines is 1. The van der Waals surface area contributed by atoms with Crippen LogP contribution >= 0.6 is 11.8 Å². The highest BCUT2D eigenvalue weighted by atomic mass is 32.2. The van der Waals surface area contributed by atoms with Crippen molar-refractivity contribution in [2.24, 2.45) is 7.05 Å². The lowest BCUT2D eigenvalue weighted by atomic mass is 10.1. The number of alkyl halides is 3. The van der Waals surface area contributed by atoms with E-state index in [2.05, 4.69) is 25.8 Å². The van der Waals surface area contributed by atoms with Gasteiger partial charge in [0, 0.05) is 25.2 Å². The molecule has 0 radical (unpaired) electrons. The van der Waals surface area contributed by atoms with Crippen LogP contribution in [0.1, 0.15) is 17.0 Å². The Balaban J connectivity index is 1.57. The first-order chi connectivity index (χ1) is 13.8. The average molecular weight is 422 g/mol. The Kier molecular flexibility index (Phi) is 6.37. The van der Waals surface area contributed by atoms with Crippen molar-refractivity contribution in [3.8, 4) is 0 Å². The van der Waals surface area contributed by atoms with Crippen LogP contribution in [0.3, 0.4) is 0 Å². The molecule has 0 aliphatic rings. The van der Waals surface area contributed by atoms with Gasteiger partial charge in [-0.2, -0.15) is 13.2 Å². The maximum atomic E-state index is 13.0. The second-order valence-electron chi connectivity index (χ2n) is 5.96. The zero-order valence-electron chi connectivity index (χ0n) is 15.3. The number of para-hydroxylation sites is 1. The molecule has 0 unspecified atom stereocenters. The number of nitrogens with one attached hydrogen (secondary N) is 2. The van der Waals surface area contributed by atoms with E-state index >= 15 is 0 Å². The summed E-state index contributed by atoms with van der Waals surface area (Å²) in [4.78, 5) is 16.1. The molecule has 2 amide bonds. The number of carbonyl (C=O) groups excluding carboxylic acids is 1. The summed E-state index contributed by atoms with van der Waals surface area (Å²) in [5, 5.41) is 13.5. The van der Waals surface area contributed by atoms with Crippen LogP contribution in [0.15, 0.2) is 53.9 Å². The normalized spacial score (nSPS) is 11.3. The zero-order chi connectivity index (χ0) is 20.9. The van der Waals surface area contributed by atoms with E-state index in [1.54, 1.807) is 24.0 Å². The van der Waals surface area contributed by atoms with Gasteiger partial charge in [0.15, 0.2) is 11.0 Å². The SMILES string of the molecule is Cn1c(CNC(=O)Nc2ccccc2C(F)(F)F)nnc1SCc1cccnc1. The topological polar surface area (TPSA) is 84.7 Å². The minimum atomic E-state index is -4.56. The van der Waals surface area contributed by atoms with Gasteiger partial charge in [0.2, 0.25) is 0 Å². The van der Waals surface area contributed by atoms with E-state index in [-0.39, 0.29) is 12.2 Å². The first-order valence-electron chi connectivity index (χ1n) is 8.45. The molecule has 0 saturated carbocycles. The number of urea groups is 1. The molecule has 0 fully saturated rings. The van der Waals surface area contributed by atoms with E-state index in [0.717, 1.165) is 11.6 Å². The summed E-state index contributed by atoms with van der Waals surface area (Å²) in [6.45, 7) is 0.0109. The van der Waals surface area contributed by atoms with Gasteiger partial charge in [-0.15, -0.1) is 10.2 Å². The van der Waals surface area contributed by atoms with Crippen molar-refractivity contribution < 1.29 is 18.0 Å². The summed E-state index contributed by atoms with van der Waals surface area (Å²) >= 11 is 1.46. The number of thioether (sulfide) groups is 1. The lowest BCUT2D eigenvalue weighted by molar-refractivity contribution is -0.136. The van der Waals surface area contributed by atoms with E-state index in [1.807, 2.05) is 12.1 Å². The monoisotopic (exact) mass is 422 g/mol. The van der Waals surface area contributed by atoms with Crippen LogP contribution in [0.2, 0.25) is 0 Å². The molecule has 0 aliphatic carbocycles. The van der Waals surface area contributed by atoms with Crippen molar-refractivity contribution in [1.82, 2.24) is 25.1 Å². The molecule has 0 saturated heterocycles. The number of hydrogen-bond acceptors (Lipinski definition) is 5. The number of nitrogens with zero attached hydrogens (tertiary/aromatic N) is 4. The van der Waals surface area contributed by atoms with Gasteiger partial charge in [-0.05, 0) is 23.8 Å². The number of benzene rings is 1. The molecular formula is C18H17F3N6OS. The maximum Gasteiger partial charge on any atom is 0.418 e. The number of aromatic nitrogens is 4. The molecule has 7 nitrogen and oxygen atoms in total. The molecule has 0 spiro atoms. The van der Waals surface area contributed by atoms with Crippen molar-refractivity contribution in [2.45, 2.75) is 23.6 Å². The van der Waals surface area contributed by atoms with Crippen molar-refractivity contribution in [1.29, 1.82) is 0 Å². The van der Waals surface area contributed by atoms with Gasteiger partial charge in [-0.25, -0.2) is 4.79 Å². The Morgan fingerprint density at radius 1 is 1.17 bits per heavy atom. The summed E-state index contributed by atoms with van der Waals surface area (Å²) in [5.41, 5.74) is -0.200. The Hall–Kier alpha value is -3.08. The van der Waals surface area contributed by atoms with E-state index in [1.165, 1.54) is 30.0 Å². The van der Waals surface area contributed by atoms with Gasteiger partial charge in [0.25, 0.3) is 0 Å². The van der Waals surface area contributed by atoms with Crippen LogP contribution in [0.25, 0.3) is 0 Å². The first-order valence-corrected chi connectivity index (χ1v) is 9.44. The molecule has 2 heterocycles. The van der Waals surface area contributed by atoms with E-state index in [9.17, 15) is 18.0 Å². The quantitative estimate of drug-likeness (QED) is 0.590. The Bertz CT molecular complexity index is 977. The van der Waals surface area contributed by atoms with Gasteiger partial charge >= 0.3 is 12.2 Å². The van der Waals surface area contributed by atoms with Crippen molar-refractivity contribution in [3.63, 3.8) is 0 Å². The smallest absolute Gasteiger partial charge is 0.331 e. The number of pyridine rings is 1. The second kappa shape index (κ2) is 8.95. The summed E-state index contributed by atoms with van der Waals surface area (Å²) in [6, 6.07) is 7.80. The van der Waals surface area contributed by atoms with Crippen molar-refractivity contribution >= 4 is 23.5 Å². The zero-order valence-corrected chi connectivity index (χ0v) is 16.1. The highest BCUT2D eigenvalue weighted by Gasteiger charge is 2.33. The Morgan fingerprint density at radius 2 is 1.97 bits per heavy atom. The van der Waals surface area contributed by atoms with Crippen molar-refractivity contribution in [2.75, 3.05) is 5.32 Å². The standard InChI is InChI=1S/C18H17F3N6OS/c1-27-15(25-26-17(27)29-11-12-5-4-8-22-9-12)10-23-16(28)24-14-7-3-2-6-13(14)18(19,20)21/h2-9H,10-11H2,1H3,(H2,23,24,28). The highest BCUT2D eigenvalue weighted by Crippen LogP contribution is 2.34. The van der Waals surface area contributed by atoms with Crippen molar-refractivity contribution in [3.05, 3.63) is 65.7 Å². The number of hydrogen-bond donors (Lipinski definition) is 2. The number of carbonyl (C=O) groups is 1. The van der Waals surface area contributed by atoms with Gasteiger partial charge in [-0.1, -0.05) is 30.0 Å². The third-order valence-electron chi connectivity index (χ3n) is 3.90. The number of amides is 2. The summed E-state index contributed by atoms with van der Waals surface area (Å²) in [7, 11) is 1.75. The Labute approximate surface area is 168 Å². The largest absolute Gasteiger partial charge is 0.418 e. The fourth-order valence-corrected chi connectivity index (χ4v) is 3.29. The first kappa shape index (κ1) is 20.6. The average Bonchev–Trinajstić information content (AvgIpc) is 3.05. The number of halogens is 3. The minimum absolute atomic E-state index is 0.0109. The molecule has 0 aliphatic heterocycles. The molecule has 152 valence electrons. The summed E-state index contributed by atoms with van der Waals surface area (Å²) < 4.78 is 40.7. The van der Waals surface area contributed by atoms with Crippen LogP contribution in [-0.2, 0) is 25.5 Å². The minimum Gasteiger partial charge on any atom is -0.331 e. The fourth-order valence-electron chi connectivity index (χ4n) is 2.42. The molecule has 2 N–H and O–H groups in total. The summed E-state index contributed by atoms with van der Waals surface area (Å²) in [6.07, 6.45) is -1.11. The molecule has 3 rings (SSSR count). The molecule has 2 aromatic heterocycles. The van der Waals surface area contributed by atoms with Gasteiger partial charge in [0.1, 0.15) is 0 Å².